The number of aryl methyl sites for hydroxylation is 1. The van der Waals surface area contributed by atoms with Crippen LogP contribution in [0.5, 0.6) is 5.75 Å². The second-order valence-electron chi connectivity index (χ2n) is 8.35. The summed E-state index contributed by atoms with van der Waals surface area (Å²) in [5.74, 6) is 2.71. The van der Waals surface area contributed by atoms with Gasteiger partial charge in [0.1, 0.15) is 5.75 Å². The summed E-state index contributed by atoms with van der Waals surface area (Å²) in [7, 11) is 0. The van der Waals surface area contributed by atoms with Crippen molar-refractivity contribution >= 4 is 5.91 Å². The molecule has 1 aromatic heterocycles. The molecule has 2 atom stereocenters. The Kier molecular flexibility index (Phi) is 6.83. The van der Waals surface area contributed by atoms with Crippen LogP contribution in [-0.2, 0) is 6.54 Å². The van der Waals surface area contributed by atoms with Gasteiger partial charge in [-0.3, -0.25) is 4.79 Å². The van der Waals surface area contributed by atoms with Crippen LogP contribution in [0, 0.1) is 11.8 Å². The molecular formula is C23H32N4O2. The molecule has 2 heterocycles. The number of hydrogen-bond acceptors (Lipinski definition) is 4. The Hall–Kier alpha value is -2.34. The normalized spacial score (nSPS) is 21.2. The van der Waals surface area contributed by atoms with Crippen LogP contribution in [0.2, 0.25) is 0 Å². The molecule has 1 aromatic carbocycles. The molecule has 0 spiro atoms. The van der Waals surface area contributed by atoms with Crippen LogP contribution in [0.4, 0.5) is 0 Å². The van der Waals surface area contributed by atoms with Crippen LogP contribution in [0.3, 0.4) is 0 Å². The zero-order valence-electron chi connectivity index (χ0n) is 17.1. The van der Waals surface area contributed by atoms with Gasteiger partial charge < -0.3 is 19.5 Å². The van der Waals surface area contributed by atoms with Gasteiger partial charge in [-0.05, 0) is 61.8 Å². The number of fused-ring (bicyclic) bond motifs is 1. The first-order chi connectivity index (χ1) is 14.3. The van der Waals surface area contributed by atoms with Crippen LogP contribution >= 0.6 is 0 Å². The molecule has 1 saturated heterocycles. The van der Waals surface area contributed by atoms with Crippen LogP contribution in [0.1, 0.15) is 42.5 Å². The van der Waals surface area contributed by atoms with E-state index in [-0.39, 0.29) is 5.91 Å². The Morgan fingerprint density at radius 3 is 2.62 bits per heavy atom. The molecule has 6 nitrogen and oxygen atoms in total. The van der Waals surface area contributed by atoms with Crippen molar-refractivity contribution in [3.05, 3.63) is 48.5 Å². The number of ether oxygens (including phenoxy) is 1. The van der Waals surface area contributed by atoms with Crippen LogP contribution in [0.25, 0.3) is 0 Å². The molecule has 2 unspecified atom stereocenters. The van der Waals surface area contributed by atoms with E-state index in [0.717, 1.165) is 50.1 Å². The molecular weight excluding hydrogens is 364 g/mol. The van der Waals surface area contributed by atoms with E-state index in [1.54, 1.807) is 12.5 Å². The minimum absolute atomic E-state index is 0.0400. The van der Waals surface area contributed by atoms with Crippen LogP contribution < -0.4 is 10.1 Å². The van der Waals surface area contributed by atoms with Crippen molar-refractivity contribution in [2.24, 2.45) is 11.8 Å². The number of likely N-dealkylation sites (tertiary alicyclic amines) is 1. The molecule has 0 radical (unpaired) electrons. The highest BCUT2D eigenvalue weighted by molar-refractivity contribution is 5.94. The molecule has 156 valence electrons. The van der Waals surface area contributed by atoms with Gasteiger partial charge in [0.2, 0.25) is 0 Å². The monoisotopic (exact) mass is 396 g/mol. The number of carbonyl (C=O) groups excluding carboxylic acids is 1. The highest BCUT2D eigenvalue weighted by atomic mass is 16.5. The van der Waals surface area contributed by atoms with Crippen molar-refractivity contribution in [3.8, 4) is 5.75 Å². The first-order valence-corrected chi connectivity index (χ1v) is 11.0. The zero-order valence-corrected chi connectivity index (χ0v) is 17.1. The molecule has 2 aromatic rings. The molecule has 0 bridgehead atoms. The quantitative estimate of drug-likeness (QED) is 0.627. The van der Waals surface area contributed by atoms with Gasteiger partial charge in [0.05, 0.1) is 12.9 Å². The SMILES string of the molecule is O=C(NCCCn1ccnc1)c1ccc(OCCCN2CC3CCCC3C2)cc1. The third-order valence-corrected chi connectivity index (χ3v) is 6.24. The predicted octanol–water partition coefficient (Wildman–Crippen LogP) is 3.20. The fraction of sp³-hybridized carbons (Fsp3) is 0.565. The van der Waals surface area contributed by atoms with Crippen molar-refractivity contribution in [2.75, 3.05) is 32.8 Å². The number of nitrogens with zero attached hydrogens (tertiary/aromatic N) is 3. The second-order valence-corrected chi connectivity index (χ2v) is 8.35. The lowest BCUT2D eigenvalue weighted by atomic mass is 10.0. The van der Waals surface area contributed by atoms with Gasteiger partial charge >= 0.3 is 0 Å². The van der Waals surface area contributed by atoms with E-state index in [4.69, 9.17) is 4.74 Å². The smallest absolute Gasteiger partial charge is 0.251 e. The molecule has 1 aliphatic heterocycles. The van der Waals surface area contributed by atoms with E-state index in [1.165, 1.54) is 32.4 Å². The molecule has 29 heavy (non-hydrogen) atoms. The molecule has 1 aliphatic carbocycles. The summed E-state index contributed by atoms with van der Waals surface area (Å²) in [4.78, 5) is 18.9. The number of imidazole rings is 1. The van der Waals surface area contributed by atoms with Gasteiger partial charge in [-0.2, -0.15) is 0 Å². The van der Waals surface area contributed by atoms with Crippen molar-refractivity contribution < 1.29 is 9.53 Å². The molecule has 2 aliphatic rings. The van der Waals surface area contributed by atoms with E-state index in [2.05, 4.69) is 15.2 Å². The first-order valence-electron chi connectivity index (χ1n) is 11.0. The summed E-state index contributed by atoms with van der Waals surface area (Å²) >= 11 is 0. The predicted molar refractivity (Wildman–Crippen MR) is 113 cm³/mol. The zero-order chi connectivity index (χ0) is 19.9. The number of nitrogens with one attached hydrogen (secondary N) is 1. The minimum Gasteiger partial charge on any atom is -0.494 e. The van der Waals surface area contributed by atoms with Crippen LogP contribution in [0.15, 0.2) is 43.0 Å². The Morgan fingerprint density at radius 1 is 1.10 bits per heavy atom. The highest BCUT2D eigenvalue weighted by Crippen LogP contribution is 2.37. The average molecular weight is 397 g/mol. The molecule has 1 amide bonds. The fourth-order valence-electron chi connectivity index (χ4n) is 4.68. The number of rotatable bonds is 10. The van der Waals surface area contributed by atoms with Gasteiger partial charge in [-0.25, -0.2) is 4.98 Å². The number of aromatic nitrogens is 2. The second kappa shape index (κ2) is 9.92. The van der Waals surface area contributed by atoms with Crippen LogP contribution in [-0.4, -0.2) is 53.1 Å². The third-order valence-electron chi connectivity index (χ3n) is 6.24. The van der Waals surface area contributed by atoms with Gasteiger partial charge in [-0.1, -0.05) is 6.42 Å². The molecule has 4 rings (SSSR count). The van der Waals surface area contributed by atoms with Gasteiger partial charge in [-0.15, -0.1) is 0 Å². The summed E-state index contributed by atoms with van der Waals surface area (Å²) < 4.78 is 7.87. The third kappa shape index (κ3) is 5.60. The molecule has 6 heteroatoms. The number of benzene rings is 1. The van der Waals surface area contributed by atoms with Gasteiger partial charge in [0.25, 0.3) is 5.91 Å². The van der Waals surface area contributed by atoms with Crippen molar-refractivity contribution in [3.63, 3.8) is 0 Å². The Labute approximate surface area is 173 Å². The number of amides is 1. The standard InChI is InChI=1S/C23H32N4O2/c28-23(25-10-2-12-26-14-11-24-18-26)19-6-8-22(9-7-19)29-15-3-13-27-16-20-4-1-5-21(20)17-27/h6-9,11,14,18,20-21H,1-5,10,12-13,15-17H2,(H,25,28). The van der Waals surface area contributed by atoms with E-state index in [1.807, 2.05) is 35.0 Å². The Balaban J connectivity index is 1.10. The number of hydrogen-bond donors (Lipinski definition) is 1. The summed E-state index contributed by atoms with van der Waals surface area (Å²) in [5, 5.41) is 2.96. The maximum atomic E-state index is 12.2. The minimum atomic E-state index is -0.0400. The largest absolute Gasteiger partial charge is 0.494 e. The lowest BCUT2D eigenvalue weighted by Crippen LogP contribution is -2.25. The molecule has 1 N–H and O–H groups in total. The van der Waals surface area contributed by atoms with E-state index < -0.39 is 0 Å². The fourth-order valence-corrected chi connectivity index (χ4v) is 4.68. The van der Waals surface area contributed by atoms with E-state index in [0.29, 0.717) is 12.1 Å². The molecule has 1 saturated carbocycles. The van der Waals surface area contributed by atoms with Crippen molar-refractivity contribution in [1.82, 2.24) is 19.8 Å². The highest BCUT2D eigenvalue weighted by Gasteiger charge is 2.35. The lowest BCUT2D eigenvalue weighted by molar-refractivity contribution is 0.0952. The summed E-state index contributed by atoms with van der Waals surface area (Å²) in [6, 6.07) is 7.45. The maximum Gasteiger partial charge on any atom is 0.251 e. The Morgan fingerprint density at radius 2 is 1.90 bits per heavy atom. The summed E-state index contributed by atoms with van der Waals surface area (Å²) in [6.07, 6.45) is 11.7. The summed E-state index contributed by atoms with van der Waals surface area (Å²) in [5.41, 5.74) is 0.670. The Bertz CT molecular complexity index is 748. The van der Waals surface area contributed by atoms with Crippen molar-refractivity contribution in [1.29, 1.82) is 0 Å². The van der Waals surface area contributed by atoms with E-state index >= 15 is 0 Å². The topological polar surface area (TPSA) is 59.4 Å². The molecule has 2 fully saturated rings. The van der Waals surface area contributed by atoms with Gasteiger partial charge in [0.15, 0.2) is 0 Å². The van der Waals surface area contributed by atoms with E-state index in [9.17, 15) is 4.79 Å². The maximum absolute atomic E-state index is 12.2. The average Bonchev–Trinajstić information content (AvgIpc) is 3.47. The summed E-state index contributed by atoms with van der Waals surface area (Å²) in [6.45, 7) is 5.94. The van der Waals surface area contributed by atoms with Crippen molar-refractivity contribution in [2.45, 2.75) is 38.6 Å². The van der Waals surface area contributed by atoms with Gasteiger partial charge in [0, 0.05) is 50.7 Å². The number of carbonyl (C=O) groups is 1. The lowest BCUT2D eigenvalue weighted by Gasteiger charge is -2.16. The first kappa shape index (κ1) is 20.0.